The summed E-state index contributed by atoms with van der Waals surface area (Å²) in [5.74, 6) is -0.333. The maximum absolute atomic E-state index is 5.19. The molecule has 3 heteroatoms. The molecule has 1 aliphatic heterocycles. The Kier molecular flexibility index (Phi) is 0.917. The first kappa shape index (κ1) is 5.09. The van der Waals surface area contributed by atoms with E-state index in [0.29, 0.717) is 0 Å². The van der Waals surface area contributed by atoms with Gasteiger partial charge in [-0.25, -0.2) is 0 Å². The lowest BCUT2D eigenvalue weighted by Gasteiger charge is -2.17. The van der Waals surface area contributed by atoms with E-state index in [1.54, 1.807) is 0 Å². The van der Waals surface area contributed by atoms with Crippen molar-refractivity contribution in [1.29, 1.82) is 0 Å². The molecule has 0 radical (unpaired) electrons. The SMILES string of the molecule is C1=NOC2(CCCC2)O1. The molecule has 1 fully saturated rings. The molecule has 0 aromatic rings. The molecule has 3 nitrogen and oxygen atoms in total. The van der Waals surface area contributed by atoms with E-state index in [2.05, 4.69) is 5.16 Å². The first-order chi connectivity index (χ1) is 4.41. The topological polar surface area (TPSA) is 30.8 Å². The van der Waals surface area contributed by atoms with E-state index >= 15 is 0 Å². The number of hydrogen-bond acceptors (Lipinski definition) is 3. The van der Waals surface area contributed by atoms with Gasteiger partial charge in [0, 0.05) is 12.8 Å². The molecule has 2 rings (SSSR count). The Hall–Kier alpha value is -0.730. The average molecular weight is 127 g/mol. The first-order valence-electron chi connectivity index (χ1n) is 3.29. The number of nitrogens with zero attached hydrogens (tertiary/aromatic N) is 1. The van der Waals surface area contributed by atoms with E-state index in [1.807, 2.05) is 0 Å². The van der Waals surface area contributed by atoms with E-state index in [4.69, 9.17) is 9.57 Å². The van der Waals surface area contributed by atoms with Crippen molar-refractivity contribution in [1.82, 2.24) is 0 Å². The number of ether oxygens (including phenoxy) is 1. The van der Waals surface area contributed by atoms with Gasteiger partial charge in [-0.05, 0) is 12.8 Å². The fourth-order valence-corrected chi connectivity index (χ4v) is 1.38. The smallest absolute Gasteiger partial charge is 0.276 e. The molecule has 1 aliphatic carbocycles. The Labute approximate surface area is 53.6 Å². The van der Waals surface area contributed by atoms with Crippen LogP contribution in [0.4, 0.5) is 0 Å². The van der Waals surface area contributed by atoms with Crippen LogP contribution in [0.15, 0.2) is 5.16 Å². The number of oxime groups is 1. The van der Waals surface area contributed by atoms with Crippen molar-refractivity contribution >= 4 is 6.40 Å². The molecule has 0 aromatic carbocycles. The van der Waals surface area contributed by atoms with E-state index in [1.165, 1.54) is 19.2 Å². The molecule has 1 spiro atoms. The second-order valence-corrected chi connectivity index (χ2v) is 2.54. The molecular weight excluding hydrogens is 118 g/mol. The molecule has 0 saturated heterocycles. The summed E-state index contributed by atoms with van der Waals surface area (Å²) in [7, 11) is 0. The van der Waals surface area contributed by atoms with Crippen molar-refractivity contribution in [3.8, 4) is 0 Å². The molecule has 1 saturated carbocycles. The van der Waals surface area contributed by atoms with Gasteiger partial charge in [-0.15, -0.1) is 0 Å². The number of hydrogen-bond donors (Lipinski definition) is 0. The van der Waals surface area contributed by atoms with Gasteiger partial charge in [0.2, 0.25) is 6.40 Å². The van der Waals surface area contributed by atoms with E-state index in [0.717, 1.165) is 12.8 Å². The van der Waals surface area contributed by atoms with Crippen molar-refractivity contribution in [2.24, 2.45) is 5.16 Å². The minimum Gasteiger partial charge on any atom is -0.436 e. The Balaban J connectivity index is 2.07. The summed E-state index contributed by atoms with van der Waals surface area (Å²) in [6.07, 6.45) is 5.78. The molecule has 0 aromatic heterocycles. The minimum atomic E-state index is -0.333. The molecule has 0 amide bonds. The summed E-state index contributed by atoms with van der Waals surface area (Å²) < 4.78 is 5.19. The molecule has 0 unspecified atom stereocenters. The molecule has 50 valence electrons. The highest BCUT2D eigenvalue weighted by atomic mass is 16.8. The lowest BCUT2D eigenvalue weighted by atomic mass is 10.2. The highest BCUT2D eigenvalue weighted by molar-refractivity contribution is 5.47. The zero-order valence-electron chi connectivity index (χ0n) is 5.17. The zero-order chi connectivity index (χ0) is 6.16. The molecule has 1 heterocycles. The standard InChI is InChI=1S/C6H9NO2/c1-2-4-6(3-1)8-5-7-9-6/h5H,1-4H2. The Bertz CT molecular complexity index is 128. The zero-order valence-corrected chi connectivity index (χ0v) is 5.17. The molecular formula is C6H9NO2. The van der Waals surface area contributed by atoms with Gasteiger partial charge in [-0.3, -0.25) is 0 Å². The van der Waals surface area contributed by atoms with Crippen LogP contribution in [0.5, 0.6) is 0 Å². The summed E-state index contributed by atoms with van der Waals surface area (Å²) in [6.45, 7) is 0. The summed E-state index contributed by atoms with van der Waals surface area (Å²) in [4.78, 5) is 5.05. The van der Waals surface area contributed by atoms with Gasteiger partial charge in [-0.1, -0.05) is 5.16 Å². The maximum atomic E-state index is 5.19. The van der Waals surface area contributed by atoms with Gasteiger partial charge in [0.1, 0.15) is 0 Å². The van der Waals surface area contributed by atoms with E-state index in [9.17, 15) is 0 Å². The Morgan fingerprint density at radius 2 is 2.11 bits per heavy atom. The van der Waals surface area contributed by atoms with Crippen LogP contribution in [-0.2, 0) is 9.57 Å². The van der Waals surface area contributed by atoms with Crippen molar-refractivity contribution in [3.63, 3.8) is 0 Å². The second-order valence-electron chi connectivity index (χ2n) is 2.54. The van der Waals surface area contributed by atoms with Crippen LogP contribution in [-0.4, -0.2) is 12.2 Å². The van der Waals surface area contributed by atoms with E-state index < -0.39 is 0 Å². The van der Waals surface area contributed by atoms with Crippen LogP contribution in [0.1, 0.15) is 25.7 Å². The lowest BCUT2D eigenvalue weighted by molar-refractivity contribution is -0.151. The van der Waals surface area contributed by atoms with E-state index in [-0.39, 0.29) is 5.79 Å². The predicted octanol–water partition coefficient (Wildman–Crippen LogP) is 1.25. The molecule has 0 N–H and O–H groups in total. The van der Waals surface area contributed by atoms with Gasteiger partial charge in [0.25, 0.3) is 5.79 Å². The van der Waals surface area contributed by atoms with Crippen LogP contribution in [0.3, 0.4) is 0 Å². The van der Waals surface area contributed by atoms with Crippen molar-refractivity contribution in [2.75, 3.05) is 0 Å². The van der Waals surface area contributed by atoms with Gasteiger partial charge in [0.15, 0.2) is 0 Å². The molecule has 2 aliphatic rings. The molecule has 0 atom stereocenters. The van der Waals surface area contributed by atoms with Crippen LogP contribution >= 0.6 is 0 Å². The van der Waals surface area contributed by atoms with Crippen LogP contribution in [0.2, 0.25) is 0 Å². The van der Waals surface area contributed by atoms with Gasteiger partial charge < -0.3 is 9.57 Å². The summed E-state index contributed by atoms with van der Waals surface area (Å²) in [5, 5.41) is 3.57. The quantitative estimate of drug-likeness (QED) is 0.490. The molecule has 9 heavy (non-hydrogen) atoms. The summed E-state index contributed by atoms with van der Waals surface area (Å²) in [6, 6.07) is 0. The predicted molar refractivity (Wildman–Crippen MR) is 31.9 cm³/mol. The van der Waals surface area contributed by atoms with Crippen LogP contribution in [0, 0.1) is 0 Å². The van der Waals surface area contributed by atoms with Crippen LogP contribution in [0.25, 0.3) is 0 Å². The third-order valence-corrected chi connectivity index (χ3v) is 1.89. The third-order valence-electron chi connectivity index (χ3n) is 1.89. The summed E-state index contributed by atoms with van der Waals surface area (Å²) in [5.41, 5.74) is 0. The normalized spacial score (nSPS) is 28.4. The van der Waals surface area contributed by atoms with Crippen molar-refractivity contribution < 1.29 is 9.57 Å². The van der Waals surface area contributed by atoms with Crippen LogP contribution < -0.4 is 0 Å². The monoisotopic (exact) mass is 127 g/mol. The van der Waals surface area contributed by atoms with Crippen molar-refractivity contribution in [2.45, 2.75) is 31.5 Å². The summed E-state index contributed by atoms with van der Waals surface area (Å²) >= 11 is 0. The maximum Gasteiger partial charge on any atom is 0.276 e. The van der Waals surface area contributed by atoms with Gasteiger partial charge in [0.05, 0.1) is 0 Å². The second kappa shape index (κ2) is 1.62. The van der Waals surface area contributed by atoms with Gasteiger partial charge >= 0.3 is 0 Å². The largest absolute Gasteiger partial charge is 0.436 e. The fraction of sp³-hybridized carbons (Fsp3) is 0.833. The highest BCUT2D eigenvalue weighted by Gasteiger charge is 2.40. The Morgan fingerprint density at radius 1 is 1.33 bits per heavy atom. The minimum absolute atomic E-state index is 0.333. The molecule has 0 bridgehead atoms. The van der Waals surface area contributed by atoms with Crippen molar-refractivity contribution in [3.05, 3.63) is 0 Å². The first-order valence-corrected chi connectivity index (χ1v) is 3.29. The average Bonchev–Trinajstić information content (AvgIpc) is 2.45. The lowest BCUT2D eigenvalue weighted by Crippen LogP contribution is -2.25. The third kappa shape index (κ3) is 0.677. The Morgan fingerprint density at radius 3 is 2.67 bits per heavy atom. The number of rotatable bonds is 0. The van der Waals surface area contributed by atoms with Gasteiger partial charge in [-0.2, -0.15) is 0 Å². The fourth-order valence-electron chi connectivity index (χ4n) is 1.38. The highest BCUT2D eigenvalue weighted by Crippen LogP contribution is 2.35.